The topological polar surface area (TPSA) is 73.0 Å². The summed E-state index contributed by atoms with van der Waals surface area (Å²) in [5.74, 6) is 3.02. The van der Waals surface area contributed by atoms with Crippen LogP contribution in [0.3, 0.4) is 0 Å². The van der Waals surface area contributed by atoms with Crippen molar-refractivity contribution in [3.05, 3.63) is 78.7 Å². The van der Waals surface area contributed by atoms with E-state index in [1.807, 2.05) is 54.6 Å². The third-order valence-electron chi connectivity index (χ3n) is 3.53. The number of nitrogens with zero attached hydrogens (tertiary/aromatic N) is 1. The van der Waals surface area contributed by atoms with Gasteiger partial charge in [-0.1, -0.05) is 35.9 Å². The molecule has 1 radical (unpaired) electrons. The molecule has 0 saturated heterocycles. The van der Waals surface area contributed by atoms with Crippen LogP contribution >= 0.6 is 0 Å². The molecule has 2 N–H and O–H groups in total. The van der Waals surface area contributed by atoms with Crippen LogP contribution < -0.4 is 9.47 Å². The first-order valence-electron chi connectivity index (χ1n) is 8.35. The van der Waals surface area contributed by atoms with Gasteiger partial charge in [-0.25, -0.2) is 0 Å². The van der Waals surface area contributed by atoms with E-state index in [2.05, 4.69) is 11.1 Å². The summed E-state index contributed by atoms with van der Waals surface area (Å²) in [6, 6.07) is 20.2. The van der Waals surface area contributed by atoms with E-state index in [0.717, 1.165) is 17.0 Å². The largest absolute Gasteiger partial charge is 0.512 e. The normalized spacial score (nSPS) is 11.3. The van der Waals surface area contributed by atoms with Crippen molar-refractivity contribution < 1.29 is 39.5 Å². The molecule has 6 heteroatoms. The summed E-state index contributed by atoms with van der Waals surface area (Å²) >= 11 is 0. The second kappa shape index (κ2) is 9.83. The van der Waals surface area contributed by atoms with E-state index in [1.54, 1.807) is 6.20 Å². The molecule has 4 rings (SSSR count). The average molecular weight is 554 g/mol. The Bertz CT molecular complexity index is 983. The van der Waals surface area contributed by atoms with Crippen molar-refractivity contribution in [3.63, 3.8) is 0 Å². The number of pyridine rings is 1. The number of aromatic nitrogens is 1. The molecule has 0 fully saturated rings. The number of ketones is 1. The van der Waals surface area contributed by atoms with Crippen LogP contribution in [0.2, 0.25) is 0 Å². The van der Waals surface area contributed by atoms with Gasteiger partial charge in [0.25, 0.3) is 0 Å². The monoisotopic (exact) mass is 554 g/mol. The summed E-state index contributed by atoms with van der Waals surface area (Å²) in [5.41, 5.74) is 1.62. The molecular formula is C22H19IrNO4. The van der Waals surface area contributed by atoms with Gasteiger partial charge in [-0.05, 0) is 30.8 Å². The molecule has 0 spiro atoms. The Balaban J connectivity index is 0.000000306. The van der Waals surface area contributed by atoms with Crippen molar-refractivity contribution in [1.82, 2.24) is 4.98 Å². The minimum atomic E-state index is 0. The Morgan fingerprint density at radius 2 is 1.68 bits per heavy atom. The van der Waals surface area contributed by atoms with E-state index < -0.39 is 0 Å². The van der Waals surface area contributed by atoms with E-state index in [-0.39, 0.29) is 31.6 Å². The summed E-state index contributed by atoms with van der Waals surface area (Å²) in [5, 5.41) is 8.40. The molecular weight excluding hydrogens is 534 g/mol. The van der Waals surface area contributed by atoms with Gasteiger partial charge in [0, 0.05) is 26.3 Å². The maximum absolute atomic E-state index is 8.40. The zero-order chi connectivity index (χ0) is 19.2. The Hall–Kier alpha value is -2.95. The summed E-state index contributed by atoms with van der Waals surface area (Å²) in [4.78, 5) is 12.7. The van der Waals surface area contributed by atoms with Gasteiger partial charge in [-0.2, -0.15) is 0 Å². The smallest absolute Gasteiger partial charge is 0.316 e. The van der Waals surface area contributed by atoms with E-state index in [0.29, 0.717) is 17.2 Å². The fourth-order valence-corrected chi connectivity index (χ4v) is 2.50. The zero-order valence-corrected chi connectivity index (χ0v) is 17.7. The van der Waals surface area contributed by atoms with Crippen LogP contribution in [0.15, 0.2) is 72.6 Å². The number of hydrogen-bond donors (Lipinski definition) is 1. The number of aliphatic hydroxyl groups is 1. The van der Waals surface area contributed by atoms with E-state index >= 15 is 0 Å². The zero-order valence-electron chi connectivity index (χ0n) is 15.3. The maximum Gasteiger partial charge on any atom is 0.316 e. The minimum Gasteiger partial charge on any atom is -0.512 e. The van der Waals surface area contributed by atoms with Crippen LogP contribution in [0.1, 0.15) is 13.8 Å². The number of allylic oxidation sites excluding steroid dienone is 2. The third-order valence-corrected chi connectivity index (χ3v) is 3.53. The number of ether oxygens (including phenoxy) is 2. The number of para-hydroxylation sites is 2. The van der Waals surface area contributed by atoms with E-state index in [4.69, 9.17) is 19.4 Å². The van der Waals surface area contributed by atoms with Gasteiger partial charge >= 0.3 is 5.78 Å². The summed E-state index contributed by atoms with van der Waals surface area (Å²) < 4.78 is 11.8. The summed E-state index contributed by atoms with van der Waals surface area (Å²) in [6.07, 6.45) is 3.03. The molecule has 0 aliphatic carbocycles. The number of aliphatic hydroxyl groups excluding tert-OH is 1. The fraction of sp³-hybridized carbons (Fsp3) is 0.0909. The van der Waals surface area contributed by atoms with Crippen LogP contribution in [0, 0.1) is 6.07 Å². The molecule has 145 valence electrons. The molecule has 3 aromatic rings. The van der Waals surface area contributed by atoms with Crippen molar-refractivity contribution in [1.29, 1.82) is 0 Å². The molecule has 0 saturated carbocycles. The van der Waals surface area contributed by atoms with Gasteiger partial charge in [-0.3, -0.25) is 4.79 Å². The van der Waals surface area contributed by atoms with Crippen molar-refractivity contribution >= 4 is 5.78 Å². The molecule has 0 atom stereocenters. The molecule has 1 aliphatic heterocycles. The number of hydrogen-bond acceptors (Lipinski definition) is 4. The fourth-order valence-electron chi connectivity index (χ4n) is 2.50. The van der Waals surface area contributed by atoms with Crippen molar-refractivity contribution in [2.24, 2.45) is 0 Å². The maximum atomic E-state index is 8.40. The average Bonchev–Trinajstić information content (AvgIpc) is 2.66. The van der Waals surface area contributed by atoms with Crippen LogP contribution in [-0.2, 0) is 20.1 Å². The van der Waals surface area contributed by atoms with Crippen LogP contribution in [0.5, 0.6) is 23.0 Å². The van der Waals surface area contributed by atoms with Gasteiger partial charge in [-0.15, -0.1) is 12.1 Å². The molecule has 0 unspecified atom stereocenters. The van der Waals surface area contributed by atoms with Gasteiger partial charge < -0.3 is 19.6 Å². The standard InChI is InChI=1S/C17H10NO2.C5H8O2.Ir/c1-2-9-15-14(8-1)19-16-10-5-6-12(17(16)20-15)13-7-3-4-11-18-13;1-4(6)3-5(2)7;/h1-5,7-11H;3,6H,1-2H3;/q-1;;/p+1/b;4-3-;. The summed E-state index contributed by atoms with van der Waals surface area (Å²) in [6.45, 7) is 3.00. The quantitative estimate of drug-likeness (QED) is 0.155. The summed E-state index contributed by atoms with van der Waals surface area (Å²) in [7, 11) is 0. The van der Waals surface area contributed by atoms with Crippen LogP contribution in [-0.4, -0.2) is 20.7 Å². The molecule has 2 heterocycles. The second-order valence-electron chi connectivity index (χ2n) is 5.84. The molecule has 2 aromatic carbocycles. The van der Waals surface area contributed by atoms with Gasteiger partial charge in [0.15, 0.2) is 11.5 Å². The molecule has 1 aliphatic rings. The van der Waals surface area contributed by atoms with Gasteiger partial charge in [0.1, 0.15) is 0 Å². The predicted molar refractivity (Wildman–Crippen MR) is 104 cm³/mol. The number of carbonyl (C=O) groups excluding carboxylic acids is 1. The van der Waals surface area contributed by atoms with Gasteiger partial charge in [0.2, 0.25) is 0 Å². The second-order valence-corrected chi connectivity index (χ2v) is 5.84. The first-order chi connectivity index (χ1) is 13.0. The van der Waals surface area contributed by atoms with Crippen LogP contribution in [0.25, 0.3) is 11.3 Å². The molecule has 0 amide bonds. The van der Waals surface area contributed by atoms with Crippen LogP contribution in [0.4, 0.5) is 0 Å². The first kappa shape index (κ1) is 21.4. The molecule has 5 nitrogen and oxygen atoms in total. The number of rotatable bonds is 2. The predicted octanol–water partition coefficient (Wildman–Crippen LogP) is 5.46. The van der Waals surface area contributed by atoms with Gasteiger partial charge in [0.05, 0.1) is 30.3 Å². The molecule has 0 bridgehead atoms. The van der Waals surface area contributed by atoms with Crippen molar-refractivity contribution in [3.8, 4) is 34.3 Å². The Morgan fingerprint density at radius 1 is 1.00 bits per heavy atom. The van der Waals surface area contributed by atoms with Crippen molar-refractivity contribution in [2.75, 3.05) is 0 Å². The third kappa shape index (κ3) is 5.28. The number of benzene rings is 2. The minimum absolute atomic E-state index is 0. The van der Waals surface area contributed by atoms with Crippen molar-refractivity contribution in [2.45, 2.75) is 13.8 Å². The van der Waals surface area contributed by atoms with E-state index in [9.17, 15) is 0 Å². The first-order valence-corrected chi connectivity index (χ1v) is 8.35. The molecule has 28 heavy (non-hydrogen) atoms. The number of fused-ring (bicyclic) bond motifs is 2. The Morgan fingerprint density at radius 3 is 2.25 bits per heavy atom. The van der Waals surface area contributed by atoms with E-state index in [1.165, 1.54) is 19.9 Å². The SMILES string of the molecule is CC(=[OH+])/C=C(/C)O.[Ir].[c-]1ccc2c(c1-c1ccccn1)Oc1ccccc1O2. The Kier molecular flexibility index (Phi) is 7.50. The Labute approximate surface area is 177 Å². The molecule has 1 aromatic heterocycles.